The fraction of sp³-hybridized carbons (Fsp3) is 0.0435. The summed E-state index contributed by atoms with van der Waals surface area (Å²) in [7, 11) is 1.62. The molecule has 4 rings (SSSR count). The molecule has 1 heterocycles. The predicted molar refractivity (Wildman–Crippen MR) is 113 cm³/mol. The molecule has 0 atom stereocenters. The topological polar surface area (TPSA) is 41.9 Å². The maximum absolute atomic E-state index is 13.2. The van der Waals surface area contributed by atoms with E-state index in [4.69, 9.17) is 16.3 Å². The van der Waals surface area contributed by atoms with Crippen molar-refractivity contribution in [2.24, 2.45) is 4.99 Å². The van der Waals surface area contributed by atoms with Crippen LogP contribution < -0.4 is 9.64 Å². The van der Waals surface area contributed by atoms with E-state index in [9.17, 15) is 4.79 Å². The zero-order chi connectivity index (χ0) is 19.5. The lowest BCUT2D eigenvalue weighted by Crippen LogP contribution is -2.32. The van der Waals surface area contributed by atoms with Gasteiger partial charge in [0.25, 0.3) is 5.91 Å². The Balaban J connectivity index is 1.81. The van der Waals surface area contributed by atoms with Crippen molar-refractivity contribution in [3.63, 3.8) is 0 Å². The number of carbonyl (C=O) groups excluding carboxylic acids is 1. The molecular weight excluding hydrogens is 372 g/mol. The number of para-hydroxylation sites is 1. The van der Waals surface area contributed by atoms with E-state index in [1.165, 1.54) is 0 Å². The van der Waals surface area contributed by atoms with E-state index in [-0.39, 0.29) is 5.91 Å². The van der Waals surface area contributed by atoms with Gasteiger partial charge in [-0.3, -0.25) is 9.69 Å². The lowest BCUT2D eigenvalue weighted by atomic mass is 10.1. The fourth-order valence-corrected chi connectivity index (χ4v) is 3.23. The minimum Gasteiger partial charge on any atom is -0.497 e. The number of amides is 1. The Hall–Kier alpha value is -3.37. The summed E-state index contributed by atoms with van der Waals surface area (Å²) < 4.78 is 5.19. The quantitative estimate of drug-likeness (QED) is 0.577. The number of halogens is 1. The molecule has 0 spiro atoms. The van der Waals surface area contributed by atoms with E-state index in [1.807, 2.05) is 72.8 Å². The van der Waals surface area contributed by atoms with Gasteiger partial charge in [-0.1, -0.05) is 66.2 Å². The Kier molecular flexibility index (Phi) is 4.96. The SMILES string of the molecule is COc1ccc(/C=C2\N=C(c3ccccc3)N(c3ccccc3Cl)C2=O)cc1. The molecule has 0 bridgehead atoms. The number of ether oxygens (including phenoxy) is 1. The van der Waals surface area contributed by atoms with Crippen LogP contribution in [0.25, 0.3) is 6.08 Å². The summed E-state index contributed by atoms with van der Waals surface area (Å²) >= 11 is 6.38. The molecule has 3 aromatic rings. The first-order chi connectivity index (χ1) is 13.7. The maximum Gasteiger partial charge on any atom is 0.282 e. The van der Waals surface area contributed by atoms with Gasteiger partial charge in [-0.25, -0.2) is 4.99 Å². The minimum absolute atomic E-state index is 0.220. The lowest BCUT2D eigenvalue weighted by Gasteiger charge is -2.19. The molecule has 138 valence electrons. The molecule has 1 amide bonds. The number of anilines is 1. The van der Waals surface area contributed by atoms with E-state index < -0.39 is 0 Å². The standard InChI is InChI=1S/C23H17ClN2O2/c1-28-18-13-11-16(12-14-18)15-20-23(27)26(21-10-6-5-9-19(21)24)22(25-20)17-7-3-2-4-8-17/h2-15H,1H3/b20-15-. The van der Waals surface area contributed by atoms with Gasteiger partial charge in [0.2, 0.25) is 0 Å². The van der Waals surface area contributed by atoms with E-state index >= 15 is 0 Å². The smallest absolute Gasteiger partial charge is 0.282 e. The maximum atomic E-state index is 13.2. The van der Waals surface area contributed by atoms with E-state index in [0.29, 0.717) is 22.2 Å². The van der Waals surface area contributed by atoms with Crippen molar-refractivity contribution in [1.29, 1.82) is 0 Å². The molecule has 0 saturated heterocycles. The second-order valence-corrected chi connectivity index (χ2v) is 6.60. The first kappa shape index (κ1) is 18.0. The van der Waals surface area contributed by atoms with Crippen LogP contribution in [0.5, 0.6) is 5.75 Å². The van der Waals surface area contributed by atoms with Crippen molar-refractivity contribution in [2.45, 2.75) is 0 Å². The van der Waals surface area contributed by atoms with Gasteiger partial charge in [0.15, 0.2) is 0 Å². The van der Waals surface area contributed by atoms with Crippen LogP contribution in [0.15, 0.2) is 89.6 Å². The molecule has 0 aromatic heterocycles. The van der Waals surface area contributed by atoms with Crippen LogP contribution in [-0.2, 0) is 4.79 Å². The zero-order valence-corrected chi connectivity index (χ0v) is 15.9. The molecule has 0 fully saturated rings. The molecule has 4 nitrogen and oxygen atoms in total. The molecule has 0 unspecified atom stereocenters. The molecule has 1 aliphatic rings. The number of aliphatic imine (C=N–C) groups is 1. The number of methoxy groups -OCH3 is 1. The molecule has 0 N–H and O–H groups in total. The van der Waals surface area contributed by atoms with Crippen molar-refractivity contribution < 1.29 is 9.53 Å². The van der Waals surface area contributed by atoms with Gasteiger partial charge < -0.3 is 4.74 Å². The number of hydrogen-bond acceptors (Lipinski definition) is 3. The Bertz CT molecular complexity index is 1070. The highest BCUT2D eigenvalue weighted by molar-refractivity contribution is 6.39. The molecular formula is C23H17ClN2O2. The zero-order valence-electron chi connectivity index (χ0n) is 15.2. The van der Waals surface area contributed by atoms with Crippen molar-refractivity contribution in [2.75, 3.05) is 12.0 Å². The average molecular weight is 389 g/mol. The second-order valence-electron chi connectivity index (χ2n) is 6.20. The molecule has 3 aromatic carbocycles. The summed E-state index contributed by atoms with van der Waals surface area (Å²) in [5.41, 5.74) is 2.66. The predicted octanol–water partition coefficient (Wildman–Crippen LogP) is 5.18. The van der Waals surface area contributed by atoms with Gasteiger partial charge in [-0.2, -0.15) is 0 Å². The molecule has 28 heavy (non-hydrogen) atoms. The van der Waals surface area contributed by atoms with E-state index in [0.717, 1.165) is 16.9 Å². The lowest BCUT2D eigenvalue weighted by molar-refractivity contribution is -0.113. The van der Waals surface area contributed by atoms with E-state index in [1.54, 1.807) is 24.2 Å². The van der Waals surface area contributed by atoms with Crippen LogP contribution in [0.3, 0.4) is 0 Å². The minimum atomic E-state index is -0.220. The van der Waals surface area contributed by atoms with Gasteiger partial charge in [0, 0.05) is 5.56 Å². The number of amidine groups is 1. The van der Waals surface area contributed by atoms with Crippen molar-refractivity contribution in [3.8, 4) is 5.75 Å². The third kappa shape index (κ3) is 3.42. The third-order valence-corrected chi connectivity index (χ3v) is 4.72. The first-order valence-electron chi connectivity index (χ1n) is 8.76. The number of benzene rings is 3. The Morgan fingerprint density at radius 3 is 2.29 bits per heavy atom. The number of carbonyl (C=O) groups is 1. The summed E-state index contributed by atoms with van der Waals surface area (Å²) in [4.78, 5) is 19.4. The van der Waals surface area contributed by atoms with Crippen molar-refractivity contribution in [3.05, 3.63) is 101 Å². The normalized spacial score (nSPS) is 15.1. The van der Waals surface area contributed by atoms with Gasteiger partial charge in [0.1, 0.15) is 17.3 Å². The van der Waals surface area contributed by atoms with Gasteiger partial charge in [-0.15, -0.1) is 0 Å². The number of hydrogen-bond donors (Lipinski definition) is 0. The van der Waals surface area contributed by atoms with Crippen LogP contribution in [0.1, 0.15) is 11.1 Å². The molecule has 5 heteroatoms. The highest BCUT2D eigenvalue weighted by Crippen LogP contribution is 2.32. The molecule has 1 aliphatic heterocycles. The highest BCUT2D eigenvalue weighted by Gasteiger charge is 2.33. The van der Waals surface area contributed by atoms with Gasteiger partial charge in [0.05, 0.1) is 17.8 Å². The third-order valence-electron chi connectivity index (χ3n) is 4.40. The van der Waals surface area contributed by atoms with Crippen LogP contribution >= 0.6 is 11.6 Å². The van der Waals surface area contributed by atoms with Crippen LogP contribution in [0, 0.1) is 0 Å². The van der Waals surface area contributed by atoms with Crippen molar-refractivity contribution in [1.82, 2.24) is 0 Å². The van der Waals surface area contributed by atoms with Crippen LogP contribution in [-0.4, -0.2) is 18.9 Å². The molecule has 0 radical (unpaired) electrons. The largest absolute Gasteiger partial charge is 0.497 e. The van der Waals surface area contributed by atoms with Crippen LogP contribution in [0.2, 0.25) is 5.02 Å². The first-order valence-corrected chi connectivity index (χ1v) is 9.14. The number of rotatable bonds is 4. The Morgan fingerprint density at radius 2 is 1.61 bits per heavy atom. The summed E-state index contributed by atoms with van der Waals surface area (Å²) in [5, 5.41) is 0.491. The molecule has 0 saturated carbocycles. The fourth-order valence-electron chi connectivity index (χ4n) is 3.01. The average Bonchev–Trinajstić information content (AvgIpc) is 3.06. The van der Waals surface area contributed by atoms with Crippen molar-refractivity contribution >= 4 is 35.1 Å². The summed E-state index contributed by atoms with van der Waals surface area (Å²) in [6, 6.07) is 24.3. The second kappa shape index (κ2) is 7.71. The Morgan fingerprint density at radius 1 is 0.929 bits per heavy atom. The monoisotopic (exact) mass is 388 g/mol. The van der Waals surface area contributed by atoms with E-state index in [2.05, 4.69) is 4.99 Å². The van der Waals surface area contributed by atoms with Gasteiger partial charge >= 0.3 is 0 Å². The van der Waals surface area contributed by atoms with Crippen LogP contribution in [0.4, 0.5) is 5.69 Å². The summed E-state index contributed by atoms with van der Waals surface area (Å²) in [6.07, 6.45) is 1.77. The summed E-state index contributed by atoms with van der Waals surface area (Å²) in [5.74, 6) is 1.09. The number of nitrogens with zero attached hydrogens (tertiary/aromatic N) is 2. The van der Waals surface area contributed by atoms with Gasteiger partial charge in [-0.05, 0) is 35.9 Å². The summed E-state index contributed by atoms with van der Waals surface area (Å²) in [6.45, 7) is 0. The molecule has 0 aliphatic carbocycles. The highest BCUT2D eigenvalue weighted by atomic mass is 35.5. The Labute approximate surface area is 168 Å².